The van der Waals surface area contributed by atoms with Crippen LogP contribution < -0.4 is 5.32 Å². The smallest absolute Gasteiger partial charge is 0.250 e. The van der Waals surface area contributed by atoms with Gasteiger partial charge in [0.05, 0.1) is 10.0 Å². The number of rotatable bonds is 4. The van der Waals surface area contributed by atoms with Gasteiger partial charge in [0.1, 0.15) is 5.82 Å². The predicted molar refractivity (Wildman–Crippen MR) is 65.0 cm³/mol. The minimum atomic E-state index is -0.392. The molecule has 0 aliphatic heterocycles. The standard InChI is InChI=1S/C11H11BrFN3O/c1-14-6-5-9-15-16-11(17-9)7-3-2-4-8(12)10(7)13/h2-4,14H,5-6H2,1H3. The molecule has 0 unspecified atom stereocenters. The van der Waals surface area contributed by atoms with E-state index in [4.69, 9.17) is 4.42 Å². The summed E-state index contributed by atoms with van der Waals surface area (Å²) in [6.45, 7) is 0.739. The van der Waals surface area contributed by atoms with Gasteiger partial charge in [0.25, 0.3) is 5.89 Å². The maximum absolute atomic E-state index is 13.8. The molecular weight excluding hydrogens is 289 g/mol. The molecule has 1 heterocycles. The summed E-state index contributed by atoms with van der Waals surface area (Å²) in [5.74, 6) is 0.306. The molecule has 0 radical (unpaired) electrons. The largest absolute Gasteiger partial charge is 0.421 e. The Morgan fingerprint density at radius 3 is 3.00 bits per heavy atom. The Labute approximate surface area is 106 Å². The maximum Gasteiger partial charge on any atom is 0.250 e. The summed E-state index contributed by atoms with van der Waals surface area (Å²) in [4.78, 5) is 0. The monoisotopic (exact) mass is 299 g/mol. The van der Waals surface area contributed by atoms with Crippen LogP contribution in [0.25, 0.3) is 11.5 Å². The first-order valence-electron chi connectivity index (χ1n) is 5.13. The minimum absolute atomic E-state index is 0.204. The highest BCUT2D eigenvalue weighted by atomic mass is 79.9. The number of nitrogens with one attached hydrogen (secondary N) is 1. The number of nitrogens with zero attached hydrogens (tertiary/aromatic N) is 2. The van der Waals surface area contributed by atoms with E-state index in [-0.39, 0.29) is 5.89 Å². The van der Waals surface area contributed by atoms with E-state index in [0.717, 1.165) is 6.54 Å². The highest BCUT2D eigenvalue weighted by Crippen LogP contribution is 2.26. The van der Waals surface area contributed by atoms with E-state index in [0.29, 0.717) is 22.3 Å². The summed E-state index contributed by atoms with van der Waals surface area (Å²) in [6, 6.07) is 4.95. The Bertz CT molecular complexity index is 515. The lowest BCUT2D eigenvalue weighted by Gasteiger charge is -1.99. The van der Waals surface area contributed by atoms with Crippen molar-refractivity contribution in [1.82, 2.24) is 15.5 Å². The van der Waals surface area contributed by atoms with Crippen LogP contribution in [0.4, 0.5) is 4.39 Å². The van der Waals surface area contributed by atoms with Gasteiger partial charge in [-0.05, 0) is 35.1 Å². The molecule has 0 bridgehead atoms. The Balaban J connectivity index is 2.27. The topological polar surface area (TPSA) is 51.0 Å². The third-order valence-corrected chi connectivity index (χ3v) is 2.85. The van der Waals surface area contributed by atoms with E-state index in [9.17, 15) is 4.39 Å². The first-order valence-corrected chi connectivity index (χ1v) is 5.93. The molecule has 0 atom stereocenters. The molecule has 0 saturated carbocycles. The molecule has 0 saturated heterocycles. The summed E-state index contributed by atoms with van der Waals surface area (Å²) >= 11 is 3.12. The van der Waals surface area contributed by atoms with Crippen LogP contribution >= 0.6 is 15.9 Å². The average Bonchev–Trinajstić information content (AvgIpc) is 2.78. The predicted octanol–water partition coefficient (Wildman–Crippen LogP) is 2.40. The fourth-order valence-corrected chi connectivity index (χ4v) is 1.73. The number of aromatic nitrogens is 2. The van der Waals surface area contributed by atoms with Crippen molar-refractivity contribution in [3.05, 3.63) is 34.4 Å². The molecule has 0 amide bonds. The fraction of sp³-hybridized carbons (Fsp3) is 0.273. The zero-order valence-electron chi connectivity index (χ0n) is 9.20. The molecule has 1 aromatic heterocycles. The molecule has 0 aliphatic carbocycles. The van der Waals surface area contributed by atoms with Crippen molar-refractivity contribution in [3.63, 3.8) is 0 Å². The van der Waals surface area contributed by atoms with Gasteiger partial charge in [0.15, 0.2) is 0 Å². The van der Waals surface area contributed by atoms with Crippen LogP contribution in [0.1, 0.15) is 5.89 Å². The molecule has 6 heteroatoms. The highest BCUT2D eigenvalue weighted by Gasteiger charge is 2.14. The Kier molecular flexibility index (Phi) is 3.86. The van der Waals surface area contributed by atoms with Crippen molar-refractivity contribution in [3.8, 4) is 11.5 Å². The molecule has 4 nitrogen and oxygen atoms in total. The van der Waals surface area contributed by atoms with Gasteiger partial charge in [-0.25, -0.2) is 4.39 Å². The van der Waals surface area contributed by atoms with E-state index in [2.05, 4.69) is 31.4 Å². The highest BCUT2D eigenvalue weighted by molar-refractivity contribution is 9.10. The first-order chi connectivity index (χ1) is 8.22. The zero-order chi connectivity index (χ0) is 12.3. The van der Waals surface area contributed by atoms with Gasteiger partial charge in [-0.15, -0.1) is 10.2 Å². The number of halogens is 2. The third kappa shape index (κ3) is 2.70. The van der Waals surface area contributed by atoms with Crippen molar-refractivity contribution < 1.29 is 8.81 Å². The number of benzene rings is 1. The summed E-state index contributed by atoms with van der Waals surface area (Å²) in [5, 5.41) is 10.7. The summed E-state index contributed by atoms with van der Waals surface area (Å²) in [5.41, 5.74) is 0.308. The van der Waals surface area contributed by atoms with E-state index < -0.39 is 5.82 Å². The van der Waals surface area contributed by atoms with E-state index in [1.54, 1.807) is 18.2 Å². The van der Waals surface area contributed by atoms with Crippen molar-refractivity contribution in [2.24, 2.45) is 0 Å². The molecule has 0 spiro atoms. The number of hydrogen-bond donors (Lipinski definition) is 1. The summed E-state index contributed by atoms with van der Waals surface area (Å²) in [7, 11) is 1.84. The zero-order valence-corrected chi connectivity index (χ0v) is 10.8. The van der Waals surface area contributed by atoms with Crippen LogP contribution in [-0.2, 0) is 6.42 Å². The Morgan fingerprint density at radius 1 is 1.41 bits per heavy atom. The Hall–Kier alpha value is -1.27. The van der Waals surface area contributed by atoms with Crippen LogP contribution in [0, 0.1) is 5.82 Å². The Morgan fingerprint density at radius 2 is 2.24 bits per heavy atom. The van der Waals surface area contributed by atoms with E-state index in [1.165, 1.54) is 0 Å². The van der Waals surface area contributed by atoms with Gasteiger partial charge in [-0.2, -0.15) is 0 Å². The van der Waals surface area contributed by atoms with Crippen LogP contribution in [0.15, 0.2) is 27.1 Å². The second-order valence-electron chi connectivity index (χ2n) is 3.46. The van der Waals surface area contributed by atoms with Gasteiger partial charge >= 0.3 is 0 Å². The lowest BCUT2D eigenvalue weighted by Crippen LogP contribution is -2.10. The molecule has 2 rings (SSSR count). The van der Waals surface area contributed by atoms with Crippen molar-refractivity contribution >= 4 is 15.9 Å². The van der Waals surface area contributed by atoms with Gasteiger partial charge in [-0.3, -0.25) is 0 Å². The van der Waals surface area contributed by atoms with Gasteiger partial charge in [0.2, 0.25) is 5.89 Å². The first kappa shape index (κ1) is 12.2. The van der Waals surface area contributed by atoms with Crippen molar-refractivity contribution in [2.45, 2.75) is 6.42 Å². The molecule has 17 heavy (non-hydrogen) atoms. The van der Waals surface area contributed by atoms with Gasteiger partial charge in [-0.1, -0.05) is 6.07 Å². The van der Waals surface area contributed by atoms with Crippen molar-refractivity contribution in [1.29, 1.82) is 0 Å². The van der Waals surface area contributed by atoms with Crippen LogP contribution in [0.5, 0.6) is 0 Å². The summed E-state index contributed by atoms with van der Waals surface area (Å²) in [6.07, 6.45) is 0.624. The van der Waals surface area contributed by atoms with Crippen LogP contribution in [-0.4, -0.2) is 23.8 Å². The van der Waals surface area contributed by atoms with Crippen LogP contribution in [0.2, 0.25) is 0 Å². The fourth-order valence-electron chi connectivity index (χ4n) is 1.36. The quantitative estimate of drug-likeness (QED) is 0.942. The number of likely N-dealkylation sites (N-methyl/N-ethyl adjacent to an activating group) is 1. The maximum atomic E-state index is 13.8. The second kappa shape index (κ2) is 5.37. The van der Waals surface area contributed by atoms with Gasteiger partial charge in [0, 0.05) is 13.0 Å². The van der Waals surface area contributed by atoms with E-state index in [1.807, 2.05) is 7.05 Å². The normalized spacial score (nSPS) is 10.8. The van der Waals surface area contributed by atoms with Gasteiger partial charge < -0.3 is 9.73 Å². The molecule has 1 N–H and O–H groups in total. The molecule has 2 aromatic rings. The average molecular weight is 300 g/mol. The van der Waals surface area contributed by atoms with Crippen LogP contribution in [0.3, 0.4) is 0 Å². The molecule has 1 aromatic carbocycles. The summed E-state index contributed by atoms with van der Waals surface area (Å²) < 4.78 is 19.5. The SMILES string of the molecule is CNCCc1nnc(-c2cccc(Br)c2F)o1. The van der Waals surface area contributed by atoms with Crippen molar-refractivity contribution in [2.75, 3.05) is 13.6 Å². The number of hydrogen-bond acceptors (Lipinski definition) is 4. The molecular formula is C11H11BrFN3O. The lowest BCUT2D eigenvalue weighted by molar-refractivity contribution is 0.496. The molecule has 0 aliphatic rings. The minimum Gasteiger partial charge on any atom is -0.421 e. The molecule has 90 valence electrons. The second-order valence-corrected chi connectivity index (χ2v) is 4.31. The molecule has 0 fully saturated rings. The lowest BCUT2D eigenvalue weighted by atomic mass is 10.2. The van der Waals surface area contributed by atoms with E-state index >= 15 is 0 Å². The third-order valence-electron chi connectivity index (χ3n) is 2.24.